The second-order valence-electron chi connectivity index (χ2n) is 5.72. The maximum Gasteiger partial charge on any atom is 0.0670 e. The van der Waals surface area contributed by atoms with Gasteiger partial charge in [0.05, 0.1) is 17.3 Å². The molecule has 0 spiro atoms. The van der Waals surface area contributed by atoms with E-state index in [1.54, 1.807) is 0 Å². The zero-order chi connectivity index (χ0) is 14.4. The van der Waals surface area contributed by atoms with E-state index in [4.69, 9.17) is 5.73 Å². The SMILES string of the molecule is Cc1n[nH]c2ccc(N[C@@H]3CCc4c(N)cccc43)cc12. The van der Waals surface area contributed by atoms with Crippen molar-refractivity contribution in [2.24, 2.45) is 0 Å². The minimum atomic E-state index is 0.341. The molecule has 3 aromatic rings. The van der Waals surface area contributed by atoms with E-state index in [1.807, 2.05) is 19.1 Å². The third kappa shape index (κ3) is 1.95. The van der Waals surface area contributed by atoms with Gasteiger partial charge in [-0.05, 0) is 55.2 Å². The van der Waals surface area contributed by atoms with E-state index in [-0.39, 0.29) is 0 Å². The Morgan fingerprint density at radius 2 is 2.19 bits per heavy atom. The summed E-state index contributed by atoms with van der Waals surface area (Å²) in [5, 5.41) is 12.1. The van der Waals surface area contributed by atoms with E-state index in [0.717, 1.165) is 35.4 Å². The molecule has 0 radical (unpaired) electrons. The summed E-state index contributed by atoms with van der Waals surface area (Å²) in [5.41, 5.74) is 12.9. The first-order chi connectivity index (χ1) is 10.2. The summed E-state index contributed by atoms with van der Waals surface area (Å²) >= 11 is 0. The van der Waals surface area contributed by atoms with Crippen LogP contribution in [0, 0.1) is 6.92 Å². The van der Waals surface area contributed by atoms with Crippen LogP contribution in [0.4, 0.5) is 11.4 Å². The Bertz CT molecular complexity index is 819. The molecule has 1 heterocycles. The first kappa shape index (κ1) is 12.3. The molecule has 0 fully saturated rings. The molecule has 0 amide bonds. The van der Waals surface area contributed by atoms with Crippen LogP contribution in [-0.2, 0) is 6.42 Å². The van der Waals surface area contributed by atoms with Gasteiger partial charge in [0.15, 0.2) is 0 Å². The molecule has 4 nitrogen and oxygen atoms in total. The Morgan fingerprint density at radius 1 is 1.29 bits per heavy atom. The Hall–Kier alpha value is -2.49. The quantitative estimate of drug-likeness (QED) is 0.628. The number of hydrogen-bond acceptors (Lipinski definition) is 3. The van der Waals surface area contributed by atoms with Crippen LogP contribution in [0.25, 0.3) is 10.9 Å². The normalized spacial score (nSPS) is 17.1. The van der Waals surface area contributed by atoms with Crippen LogP contribution in [-0.4, -0.2) is 10.2 Å². The fourth-order valence-electron chi connectivity index (χ4n) is 3.27. The number of fused-ring (bicyclic) bond motifs is 2. The summed E-state index contributed by atoms with van der Waals surface area (Å²) in [7, 11) is 0. The van der Waals surface area contributed by atoms with Gasteiger partial charge in [-0.1, -0.05) is 12.1 Å². The van der Waals surface area contributed by atoms with Gasteiger partial charge >= 0.3 is 0 Å². The van der Waals surface area contributed by atoms with Crippen LogP contribution in [0.5, 0.6) is 0 Å². The molecule has 4 N–H and O–H groups in total. The molecule has 4 rings (SSSR count). The van der Waals surface area contributed by atoms with Crippen molar-refractivity contribution in [2.45, 2.75) is 25.8 Å². The largest absolute Gasteiger partial charge is 0.398 e. The zero-order valence-electron chi connectivity index (χ0n) is 12.0. The predicted molar refractivity (Wildman–Crippen MR) is 86.4 cm³/mol. The lowest BCUT2D eigenvalue weighted by molar-refractivity contribution is 0.762. The number of hydrogen-bond donors (Lipinski definition) is 3. The first-order valence-electron chi connectivity index (χ1n) is 7.31. The predicted octanol–water partition coefficient (Wildman–Crippen LogP) is 3.55. The third-order valence-corrected chi connectivity index (χ3v) is 4.40. The average Bonchev–Trinajstić information content (AvgIpc) is 3.05. The molecule has 0 saturated heterocycles. The van der Waals surface area contributed by atoms with Gasteiger partial charge in [-0.15, -0.1) is 0 Å². The smallest absolute Gasteiger partial charge is 0.0670 e. The van der Waals surface area contributed by atoms with Crippen molar-refractivity contribution < 1.29 is 0 Å². The lowest BCUT2D eigenvalue weighted by Crippen LogP contribution is -2.07. The Labute approximate surface area is 123 Å². The van der Waals surface area contributed by atoms with Gasteiger partial charge in [0.2, 0.25) is 0 Å². The second kappa shape index (κ2) is 4.52. The van der Waals surface area contributed by atoms with Crippen molar-refractivity contribution in [3.8, 4) is 0 Å². The Kier molecular flexibility index (Phi) is 2.64. The molecule has 0 unspecified atom stereocenters. The number of aromatic nitrogens is 2. The zero-order valence-corrected chi connectivity index (χ0v) is 12.0. The second-order valence-corrected chi connectivity index (χ2v) is 5.72. The molecule has 21 heavy (non-hydrogen) atoms. The van der Waals surface area contributed by atoms with Crippen LogP contribution < -0.4 is 11.1 Å². The Morgan fingerprint density at radius 3 is 3.10 bits per heavy atom. The van der Waals surface area contributed by atoms with Gasteiger partial charge in [-0.25, -0.2) is 0 Å². The van der Waals surface area contributed by atoms with Crippen molar-refractivity contribution in [3.63, 3.8) is 0 Å². The highest BCUT2D eigenvalue weighted by Crippen LogP contribution is 2.37. The molecular formula is C17H18N4. The van der Waals surface area contributed by atoms with E-state index in [9.17, 15) is 0 Å². The van der Waals surface area contributed by atoms with Crippen molar-refractivity contribution in [2.75, 3.05) is 11.1 Å². The Balaban J connectivity index is 1.67. The van der Waals surface area contributed by atoms with Crippen molar-refractivity contribution >= 4 is 22.3 Å². The number of aryl methyl sites for hydroxylation is 1. The van der Waals surface area contributed by atoms with E-state index >= 15 is 0 Å². The molecule has 1 aliphatic rings. The topological polar surface area (TPSA) is 66.7 Å². The first-order valence-corrected chi connectivity index (χ1v) is 7.31. The highest BCUT2D eigenvalue weighted by Gasteiger charge is 2.23. The molecule has 0 bridgehead atoms. The van der Waals surface area contributed by atoms with E-state index < -0.39 is 0 Å². The van der Waals surface area contributed by atoms with Gasteiger partial charge in [-0.2, -0.15) is 5.10 Å². The van der Waals surface area contributed by atoms with Crippen LogP contribution in [0.15, 0.2) is 36.4 Å². The molecule has 0 saturated carbocycles. The summed E-state index contributed by atoms with van der Waals surface area (Å²) < 4.78 is 0. The molecule has 106 valence electrons. The molecule has 4 heteroatoms. The number of nitrogens with zero attached hydrogens (tertiary/aromatic N) is 1. The third-order valence-electron chi connectivity index (χ3n) is 4.40. The summed E-state index contributed by atoms with van der Waals surface area (Å²) in [6.07, 6.45) is 2.14. The number of nitrogen functional groups attached to an aromatic ring is 1. The number of aromatic amines is 1. The van der Waals surface area contributed by atoms with Crippen molar-refractivity contribution in [1.82, 2.24) is 10.2 Å². The molecule has 1 aliphatic carbocycles. The van der Waals surface area contributed by atoms with Crippen molar-refractivity contribution in [3.05, 3.63) is 53.2 Å². The fraction of sp³-hybridized carbons (Fsp3) is 0.235. The van der Waals surface area contributed by atoms with Crippen molar-refractivity contribution in [1.29, 1.82) is 0 Å². The maximum absolute atomic E-state index is 6.07. The minimum absolute atomic E-state index is 0.341. The molecule has 2 aromatic carbocycles. The van der Waals surface area contributed by atoms with E-state index in [1.165, 1.54) is 16.5 Å². The van der Waals surface area contributed by atoms with Gasteiger partial charge in [0.1, 0.15) is 0 Å². The van der Waals surface area contributed by atoms with Gasteiger partial charge in [0.25, 0.3) is 0 Å². The summed E-state index contributed by atoms with van der Waals surface area (Å²) in [4.78, 5) is 0. The molecule has 1 atom stereocenters. The maximum atomic E-state index is 6.07. The average molecular weight is 278 g/mol. The molecule has 0 aliphatic heterocycles. The fourth-order valence-corrected chi connectivity index (χ4v) is 3.27. The summed E-state index contributed by atoms with van der Waals surface area (Å²) in [6.45, 7) is 2.02. The van der Waals surface area contributed by atoms with Gasteiger partial charge in [0, 0.05) is 16.8 Å². The lowest BCUT2D eigenvalue weighted by atomic mass is 10.1. The summed E-state index contributed by atoms with van der Waals surface area (Å²) in [5.74, 6) is 0. The number of H-pyrrole nitrogens is 1. The highest BCUT2D eigenvalue weighted by atomic mass is 15.1. The van der Waals surface area contributed by atoms with Crippen LogP contribution in [0.1, 0.15) is 29.3 Å². The number of rotatable bonds is 2. The van der Waals surface area contributed by atoms with Crippen LogP contribution in [0.3, 0.4) is 0 Å². The van der Waals surface area contributed by atoms with Crippen LogP contribution >= 0.6 is 0 Å². The highest BCUT2D eigenvalue weighted by molar-refractivity contribution is 5.84. The minimum Gasteiger partial charge on any atom is -0.398 e. The van der Waals surface area contributed by atoms with Gasteiger partial charge in [-0.3, -0.25) is 5.10 Å². The van der Waals surface area contributed by atoms with Crippen LogP contribution in [0.2, 0.25) is 0 Å². The van der Waals surface area contributed by atoms with Gasteiger partial charge < -0.3 is 11.1 Å². The standard InChI is InChI=1S/C17H18N4/c1-10-14-9-11(5-7-17(14)21-20-10)19-16-8-6-12-13(16)3-2-4-15(12)18/h2-5,7,9,16,19H,6,8,18H2,1H3,(H,20,21)/t16-/m1/s1. The number of benzene rings is 2. The summed E-state index contributed by atoms with van der Waals surface area (Å²) in [6, 6.07) is 12.9. The van der Waals surface area contributed by atoms with E-state index in [0.29, 0.717) is 6.04 Å². The number of nitrogens with two attached hydrogens (primary N) is 1. The number of anilines is 2. The molecule has 1 aromatic heterocycles. The molecular weight excluding hydrogens is 260 g/mol. The van der Waals surface area contributed by atoms with E-state index in [2.05, 4.69) is 39.8 Å². The lowest BCUT2D eigenvalue weighted by Gasteiger charge is -2.16. The monoisotopic (exact) mass is 278 g/mol. The number of nitrogens with one attached hydrogen (secondary N) is 2.